The molecule has 4 aromatic rings. The topological polar surface area (TPSA) is 124 Å². The van der Waals surface area contributed by atoms with E-state index in [4.69, 9.17) is 37.0 Å². The smallest absolute Gasteiger partial charge is 0.416 e. The lowest BCUT2D eigenvalue weighted by atomic mass is 10.0. The van der Waals surface area contributed by atoms with E-state index in [2.05, 4.69) is 20.3 Å². The Labute approximate surface area is 235 Å². The lowest BCUT2D eigenvalue weighted by molar-refractivity contribution is -0.137. The Kier molecular flexibility index (Phi) is 8.11. The molecule has 0 unspecified atom stereocenters. The third-order valence-corrected chi connectivity index (χ3v) is 6.84. The summed E-state index contributed by atoms with van der Waals surface area (Å²) < 4.78 is 56.3. The number of aryl methyl sites for hydroxylation is 1. The van der Waals surface area contributed by atoms with Crippen LogP contribution in [0.25, 0.3) is 22.6 Å². The van der Waals surface area contributed by atoms with Gasteiger partial charge in [0.25, 0.3) is 0 Å². The van der Waals surface area contributed by atoms with Gasteiger partial charge in [-0.05, 0) is 43.9 Å². The van der Waals surface area contributed by atoms with Gasteiger partial charge in [0, 0.05) is 48.0 Å². The molecule has 1 N–H and O–H groups in total. The number of carboxylic acid groups (broad SMARTS) is 1. The molecule has 1 fully saturated rings. The van der Waals surface area contributed by atoms with Crippen molar-refractivity contribution in [2.45, 2.75) is 50.8 Å². The molecule has 1 aromatic carbocycles. The normalized spacial score (nSPS) is 13.6. The zero-order valence-corrected chi connectivity index (χ0v) is 22.2. The molecule has 40 heavy (non-hydrogen) atoms. The highest BCUT2D eigenvalue weighted by Crippen LogP contribution is 2.46. The summed E-state index contributed by atoms with van der Waals surface area (Å²) in [7, 11) is 0. The number of unbranched alkanes of at least 4 members (excludes halogenated alkanes) is 1. The zero-order chi connectivity index (χ0) is 28.4. The van der Waals surface area contributed by atoms with Gasteiger partial charge in [-0.15, -0.1) is 0 Å². The second-order valence-corrected chi connectivity index (χ2v) is 10.1. The second-order valence-electron chi connectivity index (χ2n) is 9.25. The summed E-state index contributed by atoms with van der Waals surface area (Å²) >= 11 is 12.7. The van der Waals surface area contributed by atoms with Crippen LogP contribution in [0, 0.1) is 0 Å². The summed E-state index contributed by atoms with van der Waals surface area (Å²) in [4.78, 5) is 19.4. The van der Waals surface area contributed by atoms with E-state index in [1.165, 1.54) is 12.4 Å². The SMILES string of the molecule is O=C(O)c1cc(-c2noc(CCCCOCc3c(-c4c(Cl)cncc4Cl)noc3C3CC3)n2)cc(C(F)(F)F)c1. The minimum atomic E-state index is -4.73. The number of carboxylic acids is 1. The fourth-order valence-electron chi connectivity index (χ4n) is 4.13. The average Bonchev–Trinajstić information content (AvgIpc) is 3.49. The molecule has 5 rings (SSSR count). The molecule has 14 heteroatoms. The van der Waals surface area contributed by atoms with E-state index >= 15 is 0 Å². The largest absolute Gasteiger partial charge is 0.478 e. The first-order valence-electron chi connectivity index (χ1n) is 12.3. The molecule has 0 aliphatic heterocycles. The second kappa shape index (κ2) is 11.6. The van der Waals surface area contributed by atoms with E-state index in [0.717, 1.165) is 36.3 Å². The summed E-state index contributed by atoms with van der Waals surface area (Å²) in [5, 5.41) is 17.8. The van der Waals surface area contributed by atoms with Crippen LogP contribution in [0.4, 0.5) is 13.2 Å². The predicted octanol–water partition coefficient (Wildman–Crippen LogP) is 7.23. The van der Waals surface area contributed by atoms with Crippen molar-refractivity contribution in [1.82, 2.24) is 20.3 Å². The molecule has 3 aromatic heterocycles. The maximum Gasteiger partial charge on any atom is 0.416 e. The van der Waals surface area contributed by atoms with Crippen molar-refractivity contribution >= 4 is 29.2 Å². The van der Waals surface area contributed by atoms with Crippen molar-refractivity contribution < 1.29 is 36.9 Å². The van der Waals surface area contributed by atoms with Gasteiger partial charge in [0.05, 0.1) is 27.8 Å². The Morgan fingerprint density at radius 3 is 2.50 bits per heavy atom. The third kappa shape index (κ3) is 6.29. The van der Waals surface area contributed by atoms with Gasteiger partial charge in [0.2, 0.25) is 11.7 Å². The van der Waals surface area contributed by atoms with E-state index in [-0.39, 0.29) is 29.8 Å². The first kappa shape index (κ1) is 28.1. The lowest BCUT2D eigenvalue weighted by Crippen LogP contribution is -2.08. The molecule has 210 valence electrons. The number of halogens is 5. The number of pyridine rings is 1. The van der Waals surface area contributed by atoms with Gasteiger partial charge in [-0.2, -0.15) is 18.2 Å². The van der Waals surface area contributed by atoms with Gasteiger partial charge in [0.1, 0.15) is 11.5 Å². The predicted molar refractivity (Wildman–Crippen MR) is 136 cm³/mol. The number of rotatable bonds is 11. The Morgan fingerprint density at radius 2 is 1.82 bits per heavy atom. The molecule has 9 nitrogen and oxygen atoms in total. The van der Waals surface area contributed by atoms with E-state index < -0.39 is 23.3 Å². The van der Waals surface area contributed by atoms with Crippen LogP contribution in [0.15, 0.2) is 39.6 Å². The number of aromatic nitrogens is 4. The zero-order valence-electron chi connectivity index (χ0n) is 20.7. The van der Waals surface area contributed by atoms with Gasteiger partial charge >= 0.3 is 12.1 Å². The quantitative estimate of drug-likeness (QED) is 0.178. The molecule has 0 atom stereocenters. The molecule has 0 radical (unpaired) electrons. The van der Waals surface area contributed by atoms with E-state index in [0.29, 0.717) is 53.2 Å². The van der Waals surface area contributed by atoms with Crippen LogP contribution in [0.3, 0.4) is 0 Å². The number of nitrogens with zero attached hydrogens (tertiary/aromatic N) is 4. The monoisotopic (exact) mass is 596 g/mol. The fourth-order valence-corrected chi connectivity index (χ4v) is 4.68. The fraction of sp³-hybridized carbons (Fsp3) is 0.346. The molecule has 0 amide bonds. The Bertz CT molecular complexity index is 1510. The van der Waals surface area contributed by atoms with Crippen molar-refractivity contribution in [3.05, 3.63) is 69.0 Å². The van der Waals surface area contributed by atoms with Crippen LogP contribution < -0.4 is 0 Å². The third-order valence-electron chi connectivity index (χ3n) is 6.27. The van der Waals surface area contributed by atoms with Crippen molar-refractivity contribution in [3.63, 3.8) is 0 Å². The first-order chi connectivity index (χ1) is 19.1. The molecular weight excluding hydrogens is 576 g/mol. The summed E-state index contributed by atoms with van der Waals surface area (Å²) in [5.74, 6) is -0.359. The molecule has 1 saturated carbocycles. The number of hydrogen-bond donors (Lipinski definition) is 1. The van der Waals surface area contributed by atoms with Gasteiger partial charge in [0.15, 0.2) is 0 Å². The van der Waals surface area contributed by atoms with Crippen LogP contribution in [0.2, 0.25) is 10.0 Å². The van der Waals surface area contributed by atoms with Crippen LogP contribution in [0.5, 0.6) is 0 Å². The minimum absolute atomic E-state index is 0.101. The number of aromatic carboxylic acids is 1. The highest BCUT2D eigenvalue weighted by atomic mass is 35.5. The van der Waals surface area contributed by atoms with Gasteiger partial charge < -0.3 is 18.9 Å². The number of carbonyl (C=O) groups is 1. The van der Waals surface area contributed by atoms with Crippen LogP contribution in [0.1, 0.15) is 64.7 Å². The summed E-state index contributed by atoms with van der Waals surface area (Å²) in [5.41, 5.74) is 0.119. The average molecular weight is 597 g/mol. The number of benzene rings is 1. The van der Waals surface area contributed by atoms with E-state index in [1.807, 2.05) is 0 Å². The lowest BCUT2D eigenvalue weighted by Gasteiger charge is -2.09. The van der Waals surface area contributed by atoms with Crippen molar-refractivity contribution in [3.8, 4) is 22.6 Å². The van der Waals surface area contributed by atoms with Crippen molar-refractivity contribution in [2.24, 2.45) is 0 Å². The molecule has 0 saturated heterocycles. The Balaban J connectivity index is 1.18. The van der Waals surface area contributed by atoms with Gasteiger partial charge in [-0.25, -0.2) is 4.79 Å². The summed E-state index contributed by atoms with van der Waals surface area (Å²) in [6.07, 6.45) is 1.83. The molecule has 1 aliphatic rings. The summed E-state index contributed by atoms with van der Waals surface area (Å²) in [6.45, 7) is 0.634. The van der Waals surface area contributed by atoms with Crippen LogP contribution in [-0.2, 0) is 23.9 Å². The molecule has 0 bridgehead atoms. The number of alkyl halides is 3. The van der Waals surface area contributed by atoms with Gasteiger partial charge in [-0.3, -0.25) is 4.98 Å². The van der Waals surface area contributed by atoms with Crippen LogP contribution in [-0.4, -0.2) is 38.0 Å². The number of ether oxygens (including phenoxy) is 1. The maximum atomic E-state index is 13.2. The van der Waals surface area contributed by atoms with Gasteiger partial charge in [-0.1, -0.05) is 33.5 Å². The Hall–Kier alpha value is -3.48. The summed E-state index contributed by atoms with van der Waals surface area (Å²) in [6, 6.07) is 2.42. The Morgan fingerprint density at radius 1 is 1.07 bits per heavy atom. The highest BCUT2D eigenvalue weighted by Gasteiger charge is 2.34. The van der Waals surface area contributed by atoms with Crippen molar-refractivity contribution in [1.29, 1.82) is 0 Å². The molecular formula is C26H21Cl2F3N4O5. The van der Waals surface area contributed by atoms with Crippen LogP contribution >= 0.6 is 23.2 Å². The number of hydrogen-bond acceptors (Lipinski definition) is 8. The highest BCUT2D eigenvalue weighted by molar-refractivity contribution is 6.38. The first-order valence-corrected chi connectivity index (χ1v) is 13.0. The van der Waals surface area contributed by atoms with E-state index in [9.17, 15) is 23.1 Å². The van der Waals surface area contributed by atoms with E-state index in [1.54, 1.807) is 0 Å². The molecule has 0 spiro atoms. The minimum Gasteiger partial charge on any atom is -0.478 e. The molecule has 1 aliphatic carbocycles. The van der Waals surface area contributed by atoms with Crippen molar-refractivity contribution in [2.75, 3.05) is 6.61 Å². The standard InChI is InChI=1S/C26H21Cl2F3N4O5/c27-18-10-32-11-19(28)21(18)22-17(23(40-34-22)13-4-5-13)12-38-6-2-1-3-20-33-24(35-39-20)14-7-15(25(36)37)9-16(8-14)26(29,30)31/h7-11,13H,1-6,12H2,(H,36,37). The maximum absolute atomic E-state index is 13.2. The molecule has 3 heterocycles.